The normalized spacial score (nSPS) is 11.9. The van der Waals surface area contributed by atoms with Crippen molar-refractivity contribution in [2.75, 3.05) is 12.8 Å². The third-order valence-corrected chi connectivity index (χ3v) is 2.68. The fraction of sp³-hybridized carbons (Fsp3) is 0.200. The SMILES string of the molecule is CN(/N=C/CSc1ccccc1)/C(N)=N/O.O=S(=O)(O)O. The molecule has 0 bridgehead atoms. The average Bonchev–Trinajstić information content (AvgIpc) is 2.41. The second-order valence-electron chi connectivity index (χ2n) is 3.35. The first kappa shape index (κ1) is 19.2. The van der Waals surface area contributed by atoms with Gasteiger partial charge >= 0.3 is 10.4 Å². The Morgan fingerprint density at radius 2 is 1.90 bits per heavy atom. The van der Waals surface area contributed by atoms with E-state index in [0.29, 0.717) is 0 Å². The van der Waals surface area contributed by atoms with Crippen molar-refractivity contribution < 1.29 is 22.7 Å². The lowest BCUT2D eigenvalue weighted by Crippen LogP contribution is -2.29. The third-order valence-electron chi connectivity index (χ3n) is 1.76. The number of guanidine groups is 1. The highest BCUT2D eigenvalue weighted by Crippen LogP contribution is 2.15. The smallest absolute Gasteiger partial charge is 0.394 e. The summed E-state index contributed by atoms with van der Waals surface area (Å²) in [5.41, 5.74) is 5.32. The molecule has 21 heavy (non-hydrogen) atoms. The Hall–Kier alpha value is -1.82. The molecule has 0 atom stereocenters. The molecule has 0 aliphatic rings. The second kappa shape index (κ2) is 9.99. The number of hydrogen-bond acceptors (Lipinski definition) is 6. The molecule has 9 nitrogen and oxygen atoms in total. The molecule has 0 radical (unpaired) electrons. The number of oxime groups is 1. The van der Waals surface area contributed by atoms with Crippen LogP contribution in [0.5, 0.6) is 0 Å². The van der Waals surface area contributed by atoms with Crippen LogP contribution in [0.3, 0.4) is 0 Å². The molecular weight excluding hydrogens is 320 g/mol. The molecule has 0 saturated carbocycles. The third kappa shape index (κ3) is 12.9. The minimum atomic E-state index is -4.67. The maximum absolute atomic E-state index is 8.74. The summed E-state index contributed by atoms with van der Waals surface area (Å²) in [4.78, 5) is 1.18. The molecule has 0 heterocycles. The number of benzene rings is 1. The van der Waals surface area contributed by atoms with E-state index in [9.17, 15) is 0 Å². The van der Waals surface area contributed by atoms with Crippen LogP contribution < -0.4 is 5.73 Å². The Kier molecular flexibility index (Phi) is 9.12. The van der Waals surface area contributed by atoms with E-state index in [4.69, 9.17) is 28.5 Å². The molecular formula is C10H16N4O5S2. The number of hydrazone groups is 1. The maximum atomic E-state index is 8.74. The first-order chi connectivity index (χ1) is 9.74. The molecule has 0 amide bonds. The van der Waals surface area contributed by atoms with Crippen LogP contribution in [0.2, 0.25) is 0 Å². The lowest BCUT2D eigenvalue weighted by molar-refractivity contribution is 0.306. The molecule has 0 aromatic heterocycles. The monoisotopic (exact) mass is 336 g/mol. The largest absolute Gasteiger partial charge is 0.408 e. The highest BCUT2D eigenvalue weighted by Gasteiger charge is 1.96. The van der Waals surface area contributed by atoms with Crippen molar-refractivity contribution in [3.8, 4) is 0 Å². The van der Waals surface area contributed by atoms with Gasteiger partial charge in [-0.3, -0.25) is 9.11 Å². The van der Waals surface area contributed by atoms with Crippen LogP contribution in [0.15, 0.2) is 45.5 Å². The number of nitrogens with zero attached hydrogens (tertiary/aromatic N) is 3. The molecule has 11 heteroatoms. The topological polar surface area (TPSA) is 149 Å². The highest BCUT2D eigenvalue weighted by molar-refractivity contribution is 7.99. The minimum absolute atomic E-state index is 0.0408. The Balaban J connectivity index is 0.000000690. The van der Waals surface area contributed by atoms with Gasteiger partial charge in [-0.1, -0.05) is 18.2 Å². The van der Waals surface area contributed by atoms with Gasteiger partial charge in [0.15, 0.2) is 0 Å². The summed E-state index contributed by atoms with van der Waals surface area (Å²) in [5, 5.41) is 16.5. The van der Waals surface area contributed by atoms with Crippen molar-refractivity contribution in [3.05, 3.63) is 30.3 Å². The predicted molar refractivity (Wildman–Crippen MR) is 81.0 cm³/mol. The number of hydrogen-bond donors (Lipinski definition) is 4. The summed E-state index contributed by atoms with van der Waals surface area (Å²) in [6.07, 6.45) is 1.70. The summed E-state index contributed by atoms with van der Waals surface area (Å²) >= 11 is 1.66. The fourth-order valence-electron chi connectivity index (χ4n) is 0.930. The van der Waals surface area contributed by atoms with Crippen molar-refractivity contribution in [3.63, 3.8) is 0 Å². The molecule has 0 aliphatic carbocycles. The van der Waals surface area contributed by atoms with Gasteiger partial charge in [0.25, 0.3) is 5.96 Å². The lowest BCUT2D eigenvalue weighted by atomic mass is 10.4. The van der Waals surface area contributed by atoms with E-state index in [1.165, 1.54) is 9.90 Å². The molecule has 1 rings (SSSR count). The highest BCUT2D eigenvalue weighted by atomic mass is 32.3. The first-order valence-corrected chi connectivity index (χ1v) is 7.73. The Bertz CT molecular complexity index is 554. The van der Waals surface area contributed by atoms with E-state index >= 15 is 0 Å². The second-order valence-corrected chi connectivity index (χ2v) is 5.34. The number of rotatable bonds is 4. The zero-order valence-corrected chi connectivity index (χ0v) is 12.7. The van der Waals surface area contributed by atoms with E-state index in [1.54, 1.807) is 25.0 Å². The van der Waals surface area contributed by atoms with Crippen molar-refractivity contribution >= 4 is 34.3 Å². The molecule has 1 aromatic rings. The van der Waals surface area contributed by atoms with E-state index < -0.39 is 10.4 Å². The van der Waals surface area contributed by atoms with E-state index in [0.717, 1.165) is 5.75 Å². The maximum Gasteiger partial charge on any atom is 0.394 e. The summed E-state index contributed by atoms with van der Waals surface area (Å²) < 4.78 is 31.6. The Morgan fingerprint density at radius 1 is 1.38 bits per heavy atom. The van der Waals surface area contributed by atoms with Gasteiger partial charge in [0.2, 0.25) is 0 Å². The van der Waals surface area contributed by atoms with Gasteiger partial charge in [-0.05, 0) is 17.3 Å². The first-order valence-electron chi connectivity index (χ1n) is 5.35. The van der Waals surface area contributed by atoms with Gasteiger partial charge in [0.1, 0.15) is 0 Å². The molecule has 0 unspecified atom stereocenters. The van der Waals surface area contributed by atoms with Crippen molar-refractivity contribution in [2.24, 2.45) is 16.0 Å². The summed E-state index contributed by atoms with van der Waals surface area (Å²) in [6.45, 7) is 0. The molecule has 118 valence electrons. The van der Waals surface area contributed by atoms with Crippen molar-refractivity contribution in [2.45, 2.75) is 4.90 Å². The van der Waals surface area contributed by atoms with Crippen LogP contribution in [0.4, 0.5) is 0 Å². The summed E-state index contributed by atoms with van der Waals surface area (Å²) in [6, 6.07) is 10.0. The Morgan fingerprint density at radius 3 is 2.38 bits per heavy atom. The van der Waals surface area contributed by atoms with Gasteiger partial charge in [0.05, 0.1) is 0 Å². The van der Waals surface area contributed by atoms with Gasteiger partial charge < -0.3 is 10.9 Å². The van der Waals surface area contributed by atoms with Crippen LogP contribution in [0.25, 0.3) is 0 Å². The van der Waals surface area contributed by atoms with Crippen molar-refractivity contribution in [1.29, 1.82) is 0 Å². The molecule has 0 spiro atoms. The minimum Gasteiger partial charge on any atom is -0.408 e. The standard InChI is InChI=1S/C10H14N4OS.H2O4S/c1-14(10(11)13-15)12-7-8-16-9-5-3-2-4-6-9;1-5(2,3)4/h2-7,15H,8H2,1H3,(H2,11,13);(H2,1,2,3,4)/b12-7+;. The predicted octanol–water partition coefficient (Wildman–Crippen LogP) is 0.747. The zero-order chi connectivity index (χ0) is 16.3. The van der Waals surface area contributed by atoms with Crippen LogP contribution in [0.1, 0.15) is 0 Å². The van der Waals surface area contributed by atoms with E-state index in [2.05, 4.69) is 10.3 Å². The molecule has 1 aromatic carbocycles. The van der Waals surface area contributed by atoms with E-state index in [-0.39, 0.29) is 5.96 Å². The zero-order valence-electron chi connectivity index (χ0n) is 11.1. The number of thioether (sulfide) groups is 1. The quantitative estimate of drug-likeness (QED) is 0.157. The van der Waals surface area contributed by atoms with Crippen LogP contribution in [0, 0.1) is 0 Å². The Labute approximate surface area is 126 Å². The van der Waals surface area contributed by atoms with Gasteiger partial charge in [0, 0.05) is 23.9 Å². The molecule has 5 N–H and O–H groups in total. The molecule has 0 saturated heterocycles. The van der Waals surface area contributed by atoms with Gasteiger partial charge in [-0.15, -0.1) is 11.8 Å². The van der Waals surface area contributed by atoms with Crippen molar-refractivity contribution in [1.82, 2.24) is 5.01 Å². The van der Waals surface area contributed by atoms with Gasteiger partial charge in [-0.25, -0.2) is 5.01 Å². The fourth-order valence-corrected chi connectivity index (χ4v) is 1.61. The lowest BCUT2D eigenvalue weighted by Gasteiger charge is -2.08. The molecule has 0 fully saturated rings. The molecule has 0 aliphatic heterocycles. The average molecular weight is 336 g/mol. The van der Waals surface area contributed by atoms with Crippen LogP contribution in [-0.2, 0) is 10.4 Å². The number of nitrogens with two attached hydrogens (primary N) is 1. The van der Waals surface area contributed by atoms with Crippen LogP contribution >= 0.6 is 11.8 Å². The van der Waals surface area contributed by atoms with E-state index in [1.807, 2.05) is 30.3 Å². The summed E-state index contributed by atoms with van der Waals surface area (Å²) in [5.74, 6) is 0.688. The summed E-state index contributed by atoms with van der Waals surface area (Å²) in [7, 11) is -3.06. The van der Waals surface area contributed by atoms with Gasteiger partial charge in [-0.2, -0.15) is 13.5 Å². The van der Waals surface area contributed by atoms with Crippen LogP contribution in [-0.4, -0.2) is 52.7 Å².